The molecule has 5 heteroatoms. The van der Waals surface area contributed by atoms with Crippen LogP contribution in [-0.4, -0.2) is 21.5 Å². The van der Waals surface area contributed by atoms with Crippen molar-refractivity contribution in [1.29, 1.82) is 0 Å². The highest BCUT2D eigenvalue weighted by atomic mass is 19.1. The molecule has 2 aromatic carbocycles. The highest BCUT2D eigenvalue weighted by molar-refractivity contribution is 5.95. The van der Waals surface area contributed by atoms with E-state index >= 15 is 0 Å². The molecule has 0 radical (unpaired) electrons. The monoisotopic (exact) mass is 351 g/mol. The van der Waals surface area contributed by atoms with Crippen LogP contribution in [0.2, 0.25) is 0 Å². The van der Waals surface area contributed by atoms with Gasteiger partial charge in [0.2, 0.25) is 0 Å². The largest absolute Gasteiger partial charge is 0.350 e. The fourth-order valence-electron chi connectivity index (χ4n) is 2.86. The summed E-state index contributed by atoms with van der Waals surface area (Å²) in [5.74, 6) is -0.308. The molecule has 0 saturated carbocycles. The number of nitrogens with zero attached hydrogens (tertiary/aromatic N) is 2. The van der Waals surface area contributed by atoms with Crippen LogP contribution >= 0.6 is 0 Å². The zero-order valence-electron chi connectivity index (χ0n) is 14.7. The van der Waals surface area contributed by atoms with Crippen LogP contribution in [0.15, 0.2) is 67.3 Å². The first-order chi connectivity index (χ1) is 12.6. The molecule has 26 heavy (non-hydrogen) atoms. The van der Waals surface area contributed by atoms with E-state index < -0.39 is 0 Å². The zero-order valence-corrected chi connectivity index (χ0v) is 14.7. The van der Waals surface area contributed by atoms with E-state index in [0.29, 0.717) is 12.1 Å². The first-order valence-electron chi connectivity index (χ1n) is 8.71. The highest BCUT2D eigenvalue weighted by Gasteiger charge is 2.14. The molecule has 0 aliphatic rings. The molecule has 0 aliphatic carbocycles. The molecule has 134 valence electrons. The van der Waals surface area contributed by atoms with Crippen molar-refractivity contribution in [2.75, 3.05) is 0 Å². The summed E-state index contributed by atoms with van der Waals surface area (Å²) < 4.78 is 14.9. The van der Waals surface area contributed by atoms with E-state index in [1.54, 1.807) is 24.7 Å². The van der Waals surface area contributed by atoms with Crippen LogP contribution in [0.25, 0.3) is 0 Å². The number of amides is 1. The first-order valence-corrected chi connectivity index (χ1v) is 8.71. The van der Waals surface area contributed by atoms with Crippen LogP contribution in [0.3, 0.4) is 0 Å². The third-order valence-electron chi connectivity index (χ3n) is 4.33. The number of imidazole rings is 1. The van der Waals surface area contributed by atoms with Gasteiger partial charge >= 0.3 is 0 Å². The lowest BCUT2D eigenvalue weighted by Gasteiger charge is -2.16. The zero-order chi connectivity index (χ0) is 18.4. The second kappa shape index (κ2) is 8.43. The van der Waals surface area contributed by atoms with Crippen LogP contribution in [0.4, 0.5) is 4.39 Å². The molecule has 0 bridgehead atoms. The van der Waals surface area contributed by atoms with Crippen LogP contribution in [-0.2, 0) is 13.0 Å². The average Bonchev–Trinajstić information content (AvgIpc) is 3.15. The minimum Gasteiger partial charge on any atom is -0.350 e. The molecule has 0 aliphatic heterocycles. The molecular weight excluding hydrogens is 329 g/mol. The van der Waals surface area contributed by atoms with Crippen LogP contribution in [0.1, 0.15) is 34.8 Å². The molecular formula is C21H22FN3O. The summed E-state index contributed by atoms with van der Waals surface area (Å²) in [7, 11) is 0. The van der Waals surface area contributed by atoms with Gasteiger partial charge in [0.25, 0.3) is 5.91 Å². The smallest absolute Gasteiger partial charge is 0.251 e. The Morgan fingerprint density at radius 1 is 1.19 bits per heavy atom. The van der Waals surface area contributed by atoms with Gasteiger partial charge in [-0.2, -0.15) is 0 Å². The molecule has 3 rings (SSSR count). The Morgan fingerprint density at radius 3 is 2.69 bits per heavy atom. The standard InChI is InChI=1S/C21H22FN3O/c1-16(6-7-17-8-10-19(22)11-9-17)24-21(26)20-5-3-2-4-18(20)14-25-13-12-23-15-25/h2-5,8-13,15-16H,6-7,14H2,1H3,(H,24,26)/t16-/m1/s1. The van der Waals surface area contributed by atoms with Crippen LogP contribution in [0.5, 0.6) is 0 Å². The average molecular weight is 351 g/mol. The van der Waals surface area contributed by atoms with Crippen molar-refractivity contribution in [3.63, 3.8) is 0 Å². The number of aryl methyl sites for hydroxylation is 1. The van der Waals surface area contributed by atoms with Gasteiger partial charge in [-0.3, -0.25) is 4.79 Å². The lowest BCUT2D eigenvalue weighted by atomic mass is 10.0. The Morgan fingerprint density at radius 2 is 1.96 bits per heavy atom. The summed E-state index contributed by atoms with van der Waals surface area (Å²) in [6.07, 6.45) is 6.92. The number of aromatic nitrogens is 2. The van der Waals surface area contributed by atoms with E-state index in [2.05, 4.69) is 10.3 Å². The van der Waals surface area contributed by atoms with Crippen LogP contribution < -0.4 is 5.32 Å². The Labute approximate surface area is 152 Å². The summed E-state index contributed by atoms with van der Waals surface area (Å²) in [6.45, 7) is 2.59. The van der Waals surface area contributed by atoms with Gasteiger partial charge < -0.3 is 9.88 Å². The van der Waals surface area contributed by atoms with E-state index in [4.69, 9.17) is 0 Å². The fourth-order valence-corrected chi connectivity index (χ4v) is 2.86. The van der Waals surface area contributed by atoms with Crippen LogP contribution in [0, 0.1) is 5.82 Å². The molecule has 0 saturated heterocycles. The van der Waals surface area contributed by atoms with Crippen molar-refractivity contribution >= 4 is 5.91 Å². The molecule has 0 spiro atoms. The molecule has 4 nitrogen and oxygen atoms in total. The minimum atomic E-state index is -0.232. The SMILES string of the molecule is C[C@H](CCc1ccc(F)cc1)NC(=O)c1ccccc1Cn1ccnc1. The van der Waals surface area contributed by atoms with E-state index in [0.717, 1.165) is 24.0 Å². The van der Waals surface area contributed by atoms with Crippen molar-refractivity contribution in [1.82, 2.24) is 14.9 Å². The minimum absolute atomic E-state index is 0.0221. The number of nitrogens with one attached hydrogen (secondary N) is 1. The summed E-state index contributed by atoms with van der Waals surface area (Å²) in [4.78, 5) is 16.7. The number of hydrogen-bond donors (Lipinski definition) is 1. The van der Waals surface area contributed by atoms with Crippen molar-refractivity contribution < 1.29 is 9.18 Å². The number of carbonyl (C=O) groups excluding carboxylic acids is 1. The van der Waals surface area contributed by atoms with E-state index in [-0.39, 0.29) is 17.8 Å². The first kappa shape index (κ1) is 17.9. The Bertz CT molecular complexity index is 844. The second-order valence-corrected chi connectivity index (χ2v) is 6.43. The Kier molecular flexibility index (Phi) is 5.79. The van der Waals surface area contributed by atoms with Crippen molar-refractivity contribution in [2.45, 2.75) is 32.4 Å². The summed E-state index contributed by atoms with van der Waals surface area (Å²) in [5, 5.41) is 3.06. The molecule has 3 aromatic rings. The van der Waals surface area contributed by atoms with E-state index in [9.17, 15) is 9.18 Å². The molecule has 1 atom stereocenters. The molecule has 0 fully saturated rings. The lowest BCUT2D eigenvalue weighted by Crippen LogP contribution is -2.33. The predicted octanol–water partition coefficient (Wildman–Crippen LogP) is 3.82. The topological polar surface area (TPSA) is 46.9 Å². The second-order valence-electron chi connectivity index (χ2n) is 6.43. The van der Waals surface area contributed by atoms with Gasteiger partial charge in [0.1, 0.15) is 5.82 Å². The fraction of sp³-hybridized carbons (Fsp3) is 0.238. The number of benzene rings is 2. The molecule has 1 amide bonds. The third-order valence-corrected chi connectivity index (χ3v) is 4.33. The lowest BCUT2D eigenvalue weighted by molar-refractivity contribution is 0.0937. The maximum atomic E-state index is 13.0. The van der Waals surface area contributed by atoms with E-state index in [1.807, 2.05) is 42.0 Å². The number of hydrogen-bond acceptors (Lipinski definition) is 2. The summed E-state index contributed by atoms with van der Waals surface area (Å²) in [6, 6.07) is 14.1. The maximum absolute atomic E-state index is 13.0. The molecule has 1 N–H and O–H groups in total. The van der Waals surface area contributed by atoms with Gasteiger partial charge in [-0.25, -0.2) is 9.37 Å². The summed E-state index contributed by atoms with van der Waals surface area (Å²) >= 11 is 0. The summed E-state index contributed by atoms with van der Waals surface area (Å²) in [5.41, 5.74) is 2.69. The maximum Gasteiger partial charge on any atom is 0.251 e. The van der Waals surface area contributed by atoms with Gasteiger partial charge in [-0.1, -0.05) is 30.3 Å². The number of carbonyl (C=O) groups is 1. The van der Waals surface area contributed by atoms with Gasteiger partial charge in [0.05, 0.1) is 6.33 Å². The third kappa shape index (κ3) is 4.79. The number of rotatable bonds is 7. The normalized spacial score (nSPS) is 11.9. The predicted molar refractivity (Wildman–Crippen MR) is 99.4 cm³/mol. The Balaban J connectivity index is 1.59. The van der Waals surface area contributed by atoms with Gasteiger partial charge in [-0.05, 0) is 49.1 Å². The van der Waals surface area contributed by atoms with E-state index in [1.165, 1.54) is 12.1 Å². The highest BCUT2D eigenvalue weighted by Crippen LogP contribution is 2.12. The van der Waals surface area contributed by atoms with Crippen molar-refractivity contribution in [2.24, 2.45) is 0 Å². The van der Waals surface area contributed by atoms with Gasteiger partial charge in [0, 0.05) is 30.5 Å². The quantitative estimate of drug-likeness (QED) is 0.703. The van der Waals surface area contributed by atoms with Crippen molar-refractivity contribution in [3.8, 4) is 0 Å². The Hall–Kier alpha value is -2.95. The van der Waals surface area contributed by atoms with Gasteiger partial charge in [-0.15, -0.1) is 0 Å². The molecule has 1 aromatic heterocycles. The molecule has 1 heterocycles. The number of halogens is 1. The van der Waals surface area contributed by atoms with Crippen molar-refractivity contribution in [3.05, 3.63) is 89.8 Å². The molecule has 0 unspecified atom stereocenters. The van der Waals surface area contributed by atoms with Gasteiger partial charge in [0.15, 0.2) is 0 Å².